The Bertz CT molecular complexity index is 1310. The second-order valence-electron chi connectivity index (χ2n) is 12.6. The summed E-state index contributed by atoms with van der Waals surface area (Å²) < 4.78 is 2.36. The van der Waals surface area contributed by atoms with Gasteiger partial charge in [-0.2, -0.15) is 0 Å². The van der Waals surface area contributed by atoms with Gasteiger partial charge in [-0.3, -0.25) is 9.59 Å². The Balaban J connectivity index is 1.34. The summed E-state index contributed by atoms with van der Waals surface area (Å²) in [7, 11) is 2.23. The molecule has 0 saturated carbocycles. The molecule has 2 aliphatic heterocycles. The Labute approximate surface area is 249 Å². The van der Waals surface area contributed by atoms with Crippen LogP contribution in [-0.2, 0) is 11.2 Å². The van der Waals surface area contributed by atoms with Crippen LogP contribution in [-0.4, -0.2) is 57.5 Å². The number of hydrogen-bond acceptors (Lipinski definition) is 5. The first-order valence-corrected chi connectivity index (χ1v) is 16.5. The first-order valence-electron chi connectivity index (χ1n) is 15.6. The van der Waals surface area contributed by atoms with E-state index in [-0.39, 0.29) is 23.8 Å². The van der Waals surface area contributed by atoms with Gasteiger partial charge in [-0.25, -0.2) is 4.98 Å². The molecule has 2 unspecified atom stereocenters. The van der Waals surface area contributed by atoms with Gasteiger partial charge in [-0.05, 0) is 87.6 Å². The van der Waals surface area contributed by atoms with E-state index in [1.807, 2.05) is 18.2 Å². The fraction of sp³-hybridized carbons (Fsp3) is 0.606. The monoisotopic (exact) mass is 577 g/mol. The zero-order valence-electron chi connectivity index (χ0n) is 25.4. The van der Waals surface area contributed by atoms with Crippen molar-refractivity contribution in [2.24, 2.45) is 5.92 Å². The molecule has 1 aromatic carbocycles. The van der Waals surface area contributed by atoms with Gasteiger partial charge in [0.25, 0.3) is 5.91 Å². The van der Waals surface area contributed by atoms with E-state index in [1.165, 1.54) is 24.1 Å². The molecule has 2 amide bonds. The highest BCUT2D eigenvalue weighted by Gasteiger charge is 2.37. The lowest BCUT2D eigenvalue weighted by molar-refractivity contribution is -0.124. The lowest BCUT2D eigenvalue weighted by Gasteiger charge is -2.47. The van der Waals surface area contributed by atoms with Crippen molar-refractivity contribution >= 4 is 34.2 Å². The molecular formula is C33H47N5O2S. The van der Waals surface area contributed by atoms with Crippen molar-refractivity contribution in [3.63, 3.8) is 0 Å². The number of piperidine rings is 2. The van der Waals surface area contributed by atoms with Gasteiger partial charge >= 0.3 is 0 Å². The van der Waals surface area contributed by atoms with E-state index in [2.05, 4.69) is 72.4 Å². The summed E-state index contributed by atoms with van der Waals surface area (Å²) in [6.07, 6.45) is 9.09. The number of amides is 2. The number of nitrogens with one attached hydrogen (secondary N) is 2. The normalized spacial score (nSPS) is 21.9. The van der Waals surface area contributed by atoms with Crippen molar-refractivity contribution < 1.29 is 9.59 Å². The van der Waals surface area contributed by atoms with Gasteiger partial charge in [0.1, 0.15) is 11.9 Å². The summed E-state index contributed by atoms with van der Waals surface area (Å²) in [5.41, 5.74) is 2.44. The van der Waals surface area contributed by atoms with E-state index in [9.17, 15) is 9.59 Å². The molecule has 2 aromatic heterocycles. The van der Waals surface area contributed by atoms with Crippen LogP contribution in [0.1, 0.15) is 106 Å². The van der Waals surface area contributed by atoms with Gasteiger partial charge in [-0.1, -0.05) is 40.2 Å². The van der Waals surface area contributed by atoms with Crippen molar-refractivity contribution in [3.8, 4) is 0 Å². The van der Waals surface area contributed by atoms with Gasteiger partial charge < -0.3 is 20.1 Å². The first kappa shape index (κ1) is 29.8. The standard InChI is InChI=1S/C33H47N5O2S/c1-6-24(7-2)38-30-14-13-22(17-28(30)35-31(38)20-27-12-9-15-41-27)32(39)36-29(16-21(3)4)33(40)34-23-18-25-10-8-11-26(19-23)37(25)5/h9,12-15,17,21,23-26,29H,6-8,10-11,16,18-20H2,1-5H3,(H,34,40)(H,36,39)/t23?,25?,26?,29-/m0/s1. The van der Waals surface area contributed by atoms with Crippen LogP contribution in [0.5, 0.6) is 0 Å². The molecule has 2 aliphatic rings. The number of hydrogen-bond donors (Lipinski definition) is 2. The van der Waals surface area contributed by atoms with Gasteiger partial charge in [0.15, 0.2) is 0 Å². The summed E-state index contributed by atoms with van der Waals surface area (Å²) in [6, 6.07) is 11.1. The molecule has 0 spiro atoms. The molecule has 2 bridgehead atoms. The van der Waals surface area contributed by atoms with Crippen molar-refractivity contribution in [3.05, 3.63) is 52.0 Å². The number of imidazole rings is 1. The van der Waals surface area contributed by atoms with E-state index >= 15 is 0 Å². The van der Waals surface area contributed by atoms with Crippen LogP contribution >= 0.6 is 11.3 Å². The minimum Gasteiger partial charge on any atom is -0.351 e. The topological polar surface area (TPSA) is 79.3 Å². The van der Waals surface area contributed by atoms with Crippen molar-refractivity contribution in [1.82, 2.24) is 25.1 Å². The molecule has 2 N–H and O–H groups in total. The minimum absolute atomic E-state index is 0.0583. The second-order valence-corrected chi connectivity index (χ2v) is 13.6. The average molecular weight is 578 g/mol. The smallest absolute Gasteiger partial charge is 0.252 e. The Morgan fingerprint density at radius 1 is 1.10 bits per heavy atom. The maximum atomic E-state index is 13.5. The number of aromatic nitrogens is 2. The Morgan fingerprint density at radius 3 is 2.46 bits per heavy atom. The Kier molecular flexibility index (Phi) is 9.49. The van der Waals surface area contributed by atoms with Crippen molar-refractivity contribution in [2.45, 2.75) is 116 Å². The average Bonchev–Trinajstić information content (AvgIpc) is 3.57. The lowest BCUT2D eigenvalue weighted by atomic mass is 9.82. The molecule has 8 heteroatoms. The molecule has 3 atom stereocenters. The Hall–Kier alpha value is -2.71. The van der Waals surface area contributed by atoms with Crippen LogP contribution in [0.25, 0.3) is 11.0 Å². The summed E-state index contributed by atoms with van der Waals surface area (Å²) in [5, 5.41) is 8.51. The fourth-order valence-electron chi connectivity index (χ4n) is 7.02. The zero-order chi connectivity index (χ0) is 29.1. The molecule has 7 nitrogen and oxygen atoms in total. The molecule has 3 aromatic rings. The van der Waals surface area contributed by atoms with Crippen LogP contribution in [0.15, 0.2) is 35.7 Å². The molecule has 2 fully saturated rings. The predicted octanol–water partition coefficient (Wildman–Crippen LogP) is 6.33. The highest BCUT2D eigenvalue weighted by atomic mass is 32.1. The third-order valence-electron chi connectivity index (χ3n) is 9.26. The minimum atomic E-state index is -0.561. The number of fused-ring (bicyclic) bond motifs is 3. The molecular weight excluding hydrogens is 530 g/mol. The highest BCUT2D eigenvalue weighted by Crippen LogP contribution is 2.33. The molecule has 5 rings (SSSR count). The van der Waals surface area contributed by atoms with Crippen LogP contribution < -0.4 is 10.6 Å². The van der Waals surface area contributed by atoms with Gasteiger partial charge in [0, 0.05) is 41.0 Å². The number of nitrogens with zero attached hydrogens (tertiary/aromatic N) is 3. The molecule has 0 aliphatic carbocycles. The van der Waals surface area contributed by atoms with E-state index < -0.39 is 6.04 Å². The molecule has 41 heavy (non-hydrogen) atoms. The largest absolute Gasteiger partial charge is 0.351 e. The van der Waals surface area contributed by atoms with Crippen molar-refractivity contribution in [1.29, 1.82) is 0 Å². The number of carbonyl (C=O) groups excluding carboxylic acids is 2. The maximum absolute atomic E-state index is 13.5. The second kappa shape index (κ2) is 13.1. The van der Waals surface area contributed by atoms with Crippen LogP contribution in [0.4, 0.5) is 0 Å². The number of thiophene rings is 1. The van der Waals surface area contributed by atoms with E-state index in [1.54, 1.807) is 11.3 Å². The summed E-state index contributed by atoms with van der Waals surface area (Å²) >= 11 is 1.74. The van der Waals surface area contributed by atoms with E-state index in [4.69, 9.17) is 4.98 Å². The van der Waals surface area contributed by atoms with Crippen LogP contribution in [0, 0.1) is 5.92 Å². The number of carbonyl (C=O) groups is 2. The van der Waals surface area contributed by atoms with Crippen LogP contribution in [0.2, 0.25) is 0 Å². The predicted molar refractivity (Wildman–Crippen MR) is 168 cm³/mol. The van der Waals surface area contributed by atoms with Crippen molar-refractivity contribution in [2.75, 3.05) is 7.05 Å². The van der Waals surface area contributed by atoms with Gasteiger partial charge in [0.2, 0.25) is 5.91 Å². The number of rotatable bonds is 11. The van der Waals surface area contributed by atoms with E-state index in [0.717, 1.165) is 49.0 Å². The number of benzene rings is 1. The summed E-state index contributed by atoms with van der Waals surface area (Å²) in [6.45, 7) is 8.62. The highest BCUT2D eigenvalue weighted by molar-refractivity contribution is 7.09. The third kappa shape index (κ3) is 6.69. The molecule has 2 saturated heterocycles. The SMILES string of the molecule is CCC(CC)n1c(Cc2cccs2)nc2cc(C(=O)N[C@@H](CC(C)C)C(=O)NC3CC4CCCC(C3)N4C)ccc21. The zero-order valence-corrected chi connectivity index (χ0v) is 26.2. The fourth-order valence-corrected chi connectivity index (χ4v) is 7.73. The lowest BCUT2D eigenvalue weighted by Crippen LogP contribution is -2.57. The third-order valence-corrected chi connectivity index (χ3v) is 10.1. The molecule has 222 valence electrons. The molecule has 0 radical (unpaired) electrons. The van der Waals surface area contributed by atoms with Gasteiger partial charge in [0.05, 0.1) is 11.0 Å². The van der Waals surface area contributed by atoms with Gasteiger partial charge in [-0.15, -0.1) is 11.3 Å². The Morgan fingerprint density at radius 2 is 1.83 bits per heavy atom. The first-order chi connectivity index (χ1) is 19.8. The molecule has 4 heterocycles. The maximum Gasteiger partial charge on any atom is 0.252 e. The van der Waals surface area contributed by atoms with Crippen LogP contribution in [0.3, 0.4) is 0 Å². The summed E-state index contributed by atoms with van der Waals surface area (Å²) in [5.74, 6) is 1.04. The quantitative estimate of drug-likeness (QED) is 0.279. The van der Waals surface area contributed by atoms with E-state index in [0.29, 0.717) is 30.1 Å². The summed E-state index contributed by atoms with van der Waals surface area (Å²) in [4.78, 5) is 35.9.